The number of rotatable bonds is 11. The van der Waals surface area contributed by atoms with Crippen LogP contribution < -0.4 is 14.8 Å². The number of anilines is 1. The fourth-order valence-electron chi connectivity index (χ4n) is 3.52. The number of nitrogens with zero attached hydrogens (tertiary/aromatic N) is 3. The lowest BCUT2D eigenvalue weighted by molar-refractivity contribution is -0.139. The Balaban J connectivity index is 2.16. The topological polar surface area (TPSA) is 87.5 Å². The van der Waals surface area contributed by atoms with E-state index < -0.39 is 6.04 Å². The van der Waals surface area contributed by atoms with Crippen molar-refractivity contribution in [3.8, 4) is 11.5 Å². The van der Waals surface area contributed by atoms with E-state index in [0.717, 1.165) is 28.6 Å². The van der Waals surface area contributed by atoms with E-state index in [0.29, 0.717) is 53.7 Å². The predicted octanol–water partition coefficient (Wildman–Crippen LogP) is 5.58. The molecule has 2 heterocycles. The second-order valence-corrected chi connectivity index (χ2v) is 9.33. The number of halogens is 1. The number of fused-ring (bicyclic) bond motifs is 1. The number of thioether (sulfide) groups is 1. The van der Waals surface area contributed by atoms with Crippen LogP contribution >= 0.6 is 27.7 Å². The SMILES string of the molecule is CCCOC(=O)C1=C(C)Nc2nc(SCCC)nn2C1c1cc(Br)c(OCC)c(OCC)c1. The van der Waals surface area contributed by atoms with Crippen LogP contribution in [0.25, 0.3) is 0 Å². The molecule has 10 heteroatoms. The Morgan fingerprint density at radius 1 is 1.18 bits per heavy atom. The summed E-state index contributed by atoms with van der Waals surface area (Å²) in [5.41, 5.74) is 2.00. The molecular formula is C23H31BrN4O4S. The molecular weight excluding hydrogens is 508 g/mol. The van der Waals surface area contributed by atoms with E-state index in [1.165, 1.54) is 0 Å². The summed E-state index contributed by atoms with van der Waals surface area (Å²) < 4.78 is 19.7. The largest absolute Gasteiger partial charge is 0.490 e. The Bertz CT molecular complexity index is 1020. The standard InChI is InChI=1S/C23H31BrN4O4S/c1-6-10-32-21(29)18-14(5)25-22-26-23(33-11-7-2)27-28(22)19(18)15-12-16(24)20(31-9-4)17(13-15)30-8-3/h12-13,19H,6-11H2,1-5H3,(H,25,26,27). The third kappa shape index (κ3) is 5.66. The van der Waals surface area contributed by atoms with Crippen LogP contribution in [0.2, 0.25) is 0 Å². The summed E-state index contributed by atoms with van der Waals surface area (Å²) in [6.07, 6.45) is 1.76. The van der Waals surface area contributed by atoms with E-state index in [9.17, 15) is 4.79 Å². The van der Waals surface area contributed by atoms with Crippen molar-refractivity contribution < 1.29 is 19.0 Å². The fraction of sp³-hybridized carbons (Fsp3) is 0.522. The van der Waals surface area contributed by atoms with Crippen LogP contribution in [0.4, 0.5) is 5.95 Å². The number of ether oxygens (including phenoxy) is 3. The van der Waals surface area contributed by atoms with Gasteiger partial charge in [0, 0.05) is 11.4 Å². The molecule has 1 aromatic carbocycles. The first-order chi connectivity index (χ1) is 15.9. The summed E-state index contributed by atoms with van der Waals surface area (Å²) >= 11 is 5.21. The molecule has 1 unspecified atom stereocenters. The number of esters is 1. The van der Waals surface area contributed by atoms with Gasteiger partial charge >= 0.3 is 5.97 Å². The molecule has 1 aromatic heterocycles. The van der Waals surface area contributed by atoms with Crippen LogP contribution in [0, 0.1) is 0 Å². The van der Waals surface area contributed by atoms with Crippen molar-refractivity contribution in [1.82, 2.24) is 14.8 Å². The Morgan fingerprint density at radius 2 is 1.94 bits per heavy atom. The maximum atomic E-state index is 13.2. The van der Waals surface area contributed by atoms with Gasteiger partial charge in [-0.2, -0.15) is 4.98 Å². The lowest BCUT2D eigenvalue weighted by Crippen LogP contribution is -2.30. The number of carbonyl (C=O) groups excluding carboxylic acids is 1. The Hall–Kier alpha value is -2.20. The molecule has 0 spiro atoms. The highest BCUT2D eigenvalue weighted by atomic mass is 79.9. The second kappa shape index (κ2) is 11.8. The number of hydrogen-bond acceptors (Lipinski definition) is 8. The van der Waals surface area contributed by atoms with Crippen LogP contribution in [-0.4, -0.2) is 46.3 Å². The van der Waals surface area contributed by atoms with Crippen molar-refractivity contribution in [2.24, 2.45) is 0 Å². The molecule has 0 radical (unpaired) electrons. The lowest BCUT2D eigenvalue weighted by atomic mass is 9.95. The van der Waals surface area contributed by atoms with Gasteiger partial charge in [-0.3, -0.25) is 0 Å². The van der Waals surface area contributed by atoms with Crippen molar-refractivity contribution in [1.29, 1.82) is 0 Å². The second-order valence-electron chi connectivity index (χ2n) is 7.41. The van der Waals surface area contributed by atoms with E-state index in [4.69, 9.17) is 19.3 Å². The Morgan fingerprint density at radius 3 is 2.61 bits per heavy atom. The number of nitrogens with one attached hydrogen (secondary N) is 1. The van der Waals surface area contributed by atoms with E-state index in [2.05, 4.69) is 33.2 Å². The van der Waals surface area contributed by atoms with Gasteiger partial charge in [0.2, 0.25) is 11.1 Å². The van der Waals surface area contributed by atoms with Gasteiger partial charge in [-0.1, -0.05) is 25.6 Å². The van der Waals surface area contributed by atoms with Gasteiger partial charge in [0.1, 0.15) is 6.04 Å². The van der Waals surface area contributed by atoms with E-state index in [-0.39, 0.29) is 5.97 Å². The van der Waals surface area contributed by atoms with Crippen LogP contribution in [0.15, 0.2) is 33.0 Å². The summed E-state index contributed by atoms with van der Waals surface area (Å²) in [5.74, 6) is 2.36. The molecule has 0 fully saturated rings. The molecule has 33 heavy (non-hydrogen) atoms. The molecule has 1 aliphatic heterocycles. The number of hydrogen-bond donors (Lipinski definition) is 1. The van der Waals surface area contributed by atoms with Gasteiger partial charge in [0.25, 0.3) is 0 Å². The molecule has 180 valence electrons. The monoisotopic (exact) mass is 538 g/mol. The zero-order valence-corrected chi connectivity index (χ0v) is 22.1. The van der Waals surface area contributed by atoms with Gasteiger partial charge in [-0.25, -0.2) is 9.48 Å². The van der Waals surface area contributed by atoms with E-state index in [1.807, 2.05) is 39.8 Å². The molecule has 1 N–H and O–H groups in total. The molecule has 1 aliphatic rings. The summed E-state index contributed by atoms with van der Waals surface area (Å²) in [6.45, 7) is 11.1. The average molecular weight is 539 g/mol. The van der Waals surface area contributed by atoms with E-state index in [1.54, 1.807) is 16.4 Å². The van der Waals surface area contributed by atoms with Crippen LogP contribution in [-0.2, 0) is 9.53 Å². The van der Waals surface area contributed by atoms with Crippen LogP contribution in [0.1, 0.15) is 59.1 Å². The molecule has 0 saturated heterocycles. The highest BCUT2D eigenvalue weighted by Gasteiger charge is 2.36. The van der Waals surface area contributed by atoms with Gasteiger partial charge in [0.15, 0.2) is 11.5 Å². The summed E-state index contributed by atoms with van der Waals surface area (Å²) in [5, 5.41) is 8.63. The van der Waals surface area contributed by atoms with Crippen molar-refractivity contribution in [3.05, 3.63) is 33.4 Å². The third-order valence-corrected chi connectivity index (χ3v) is 6.49. The summed E-state index contributed by atoms with van der Waals surface area (Å²) in [6, 6.07) is 3.31. The maximum Gasteiger partial charge on any atom is 0.338 e. The van der Waals surface area contributed by atoms with Crippen LogP contribution in [0.3, 0.4) is 0 Å². The zero-order chi connectivity index (χ0) is 24.0. The average Bonchev–Trinajstić information content (AvgIpc) is 3.19. The molecule has 3 rings (SSSR count). The Labute approximate surface area is 207 Å². The molecule has 0 amide bonds. The molecule has 2 aromatic rings. The van der Waals surface area contributed by atoms with Crippen molar-refractivity contribution >= 4 is 39.6 Å². The zero-order valence-electron chi connectivity index (χ0n) is 19.7. The van der Waals surface area contributed by atoms with Gasteiger partial charge in [0.05, 0.1) is 29.9 Å². The highest BCUT2D eigenvalue weighted by Crippen LogP contribution is 2.43. The smallest absolute Gasteiger partial charge is 0.338 e. The summed E-state index contributed by atoms with van der Waals surface area (Å²) in [4.78, 5) is 17.8. The molecule has 8 nitrogen and oxygen atoms in total. The lowest BCUT2D eigenvalue weighted by Gasteiger charge is -2.29. The first-order valence-corrected chi connectivity index (χ1v) is 13.1. The maximum absolute atomic E-state index is 13.2. The first-order valence-electron chi connectivity index (χ1n) is 11.3. The van der Waals surface area contributed by atoms with Gasteiger partial charge in [-0.05, 0) is 67.2 Å². The minimum Gasteiger partial charge on any atom is -0.490 e. The van der Waals surface area contributed by atoms with Crippen LogP contribution in [0.5, 0.6) is 11.5 Å². The van der Waals surface area contributed by atoms with E-state index >= 15 is 0 Å². The minimum atomic E-state index is -0.528. The van der Waals surface area contributed by atoms with Crippen molar-refractivity contribution in [2.45, 2.75) is 58.7 Å². The molecule has 0 bridgehead atoms. The normalized spacial score (nSPS) is 15.2. The van der Waals surface area contributed by atoms with Gasteiger partial charge in [-0.15, -0.1) is 5.10 Å². The number of allylic oxidation sites excluding steroid dienone is 1. The highest BCUT2D eigenvalue weighted by molar-refractivity contribution is 9.10. The quantitative estimate of drug-likeness (QED) is 0.293. The predicted molar refractivity (Wildman–Crippen MR) is 133 cm³/mol. The minimum absolute atomic E-state index is 0.349. The third-order valence-electron chi connectivity index (χ3n) is 4.86. The number of benzene rings is 1. The van der Waals surface area contributed by atoms with Crippen molar-refractivity contribution in [2.75, 3.05) is 30.9 Å². The molecule has 0 saturated carbocycles. The first kappa shape index (κ1) is 25.4. The molecule has 0 aliphatic carbocycles. The van der Waals surface area contributed by atoms with Gasteiger partial charge < -0.3 is 19.5 Å². The number of aromatic nitrogens is 3. The number of carbonyl (C=O) groups is 1. The summed E-state index contributed by atoms with van der Waals surface area (Å²) in [7, 11) is 0. The Kier molecular flexibility index (Phi) is 9.08. The molecule has 1 atom stereocenters. The fourth-order valence-corrected chi connectivity index (χ4v) is 4.78. The van der Waals surface area contributed by atoms with Crippen molar-refractivity contribution in [3.63, 3.8) is 0 Å².